The normalized spacial score (nSPS) is 13.6. The van der Waals surface area contributed by atoms with Gasteiger partial charge in [0.25, 0.3) is 5.91 Å². The van der Waals surface area contributed by atoms with Crippen LogP contribution in [0, 0.1) is 12.7 Å². The number of carbonyl (C=O) groups excluding carboxylic acids is 3. The molecular formula is C30H31F3N4O8. The third kappa shape index (κ3) is 8.52. The topological polar surface area (TPSA) is 158 Å². The Morgan fingerprint density at radius 1 is 1.13 bits per heavy atom. The molecular weight excluding hydrogens is 601 g/mol. The molecule has 2 aromatic carbocycles. The highest BCUT2D eigenvalue weighted by Crippen LogP contribution is 2.40. The number of ether oxygens (including phenoxy) is 3. The van der Waals surface area contributed by atoms with E-state index in [1.54, 1.807) is 25.1 Å². The average Bonchev–Trinajstić information content (AvgIpc) is 3.24. The van der Waals surface area contributed by atoms with Gasteiger partial charge in [-0.3, -0.25) is 14.3 Å². The number of carbonyl (C=O) groups is 4. The standard InChI is InChI=1S/C30H31F3N4O8/c1-16-25(18-7-10-22-20(11-18)34-23(38)13-43-22)26(17-5-8-19(31)9-6-17)37(36-16)14-30(32,33)15-44-27(41)21(12-24(39)40)35-28(42)45-29(2,3)4/h5-11,21H,12-15H2,1-4H3,(H,34,38)(H,35,42)(H,39,40)/t21-/m0/s1. The van der Waals surface area contributed by atoms with E-state index in [1.807, 2.05) is 5.32 Å². The van der Waals surface area contributed by atoms with Crippen LogP contribution in [0.2, 0.25) is 0 Å². The molecule has 240 valence electrons. The van der Waals surface area contributed by atoms with Crippen molar-refractivity contribution in [1.29, 1.82) is 0 Å². The molecule has 1 aromatic heterocycles. The third-order valence-electron chi connectivity index (χ3n) is 6.31. The number of hydrogen-bond acceptors (Lipinski definition) is 8. The van der Waals surface area contributed by atoms with Gasteiger partial charge in [-0.25, -0.2) is 22.8 Å². The average molecular weight is 633 g/mol. The number of aryl methyl sites for hydroxylation is 1. The summed E-state index contributed by atoms with van der Waals surface area (Å²) < 4.78 is 60.7. The molecule has 3 aromatic rings. The zero-order chi connectivity index (χ0) is 33.1. The van der Waals surface area contributed by atoms with Gasteiger partial charge in [0.1, 0.15) is 29.8 Å². The molecule has 0 aliphatic carbocycles. The van der Waals surface area contributed by atoms with Crippen LogP contribution in [0.15, 0.2) is 42.5 Å². The van der Waals surface area contributed by atoms with Crippen LogP contribution >= 0.6 is 0 Å². The van der Waals surface area contributed by atoms with Crippen LogP contribution in [0.3, 0.4) is 0 Å². The number of alkyl carbamates (subject to hydrolysis) is 1. The molecule has 2 amide bonds. The monoisotopic (exact) mass is 632 g/mol. The molecule has 0 spiro atoms. The van der Waals surface area contributed by atoms with Crippen molar-refractivity contribution in [2.75, 3.05) is 18.5 Å². The summed E-state index contributed by atoms with van der Waals surface area (Å²) in [5, 5.41) is 18.2. The van der Waals surface area contributed by atoms with Gasteiger partial charge in [-0.1, -0.05) is 6.07 Å². The van der Waals surface area contributed by atoms with Crippen molar-refractivity contribution < 1.29 is 51.7 Å². The summed E-state index contributed by atoms with van der Waals surface area (Å²) in [6.45, 7) is 3.48. The first kappa shape index (κ1) is 32.8. The van der Waals surface area contributed by atoms with Gasteiger partial charge in [-0.15, -0.1) is 0 Å². The van der Waals surface area contributed by atoms with Crippen LogP contribution in [0.25, 0.3) is 22.4 Å². The lowest BCUT2D eigenvalue weighted by Gasteiger charge is -2.23. The third-order valence-corrected chi connectivity index (χ3v) is 6.31. The van der Waals surface area contributed by atoms with Crippen molar-refractivity contribution in [1.82, 2.24) is 15.1 Å². The molecule has 15 heteroatoms. The van der Waals surface area contributed by atoms with Gasteiger partial charge in [-0.05, 0) is 69.7 Å². The fourth-order valence-corrected chi connectivity index (χ4v) is 4.54. The second-order valence-electron chi connectivity index (χ2n) is 11.3. The van der Waals surface area contributed by atoms with Gasteiger partial charge < -0.3 is 30.0 Å². The molecule has 0 saturated heterocycles. The highest BCUT2D eigenvalue weighted by Gasteiger charge is 2.36. The summed E-state index contributed by atoms with van der Waals surface area (Å²) in [6, 6.07) is 8.20. The Morgan fingerprint density at radius 2 is 1.80 bits per heavy atom. The maximum absolute atomic E-state index is 15.4. The largest absolute Gasteiger partial charge is 0.482 e. The number of carboxylic acid groups (broad SMARTS) is 1. The molecule has 3 N–H and O–H groups in total. The second-order valence-corrected chi connectivity index (χ2v) is 11.3. The van der Waals surface area contributed by atoms with Crippen LogP contribution in [-0.2, 0) is 30.4 Å². The number of aliphatic carboxylic acids is 1. The smallest absolute Gasteiger partial charge is 0.408 e. The van der Waals surface area contributed by atoms with Gasteiger partial charge in [0.05, 0.1) is 23.5 Å². The van der Waals surface area contributed by atoms with E-state index in [9.17, 15) is 23.6 Å². The highest BCUT2D eigenvalue weighted by atomic mass is 19.3. The number of halogens is 3. The number of esters is 1. The van der Waals surface area contributed by atoms with Gasteiger partial charge in [0.15, 0.2) is 13.2 Å². The van der Waals surface area contributed by atoms with Crippen molar-refractivity contribution in [3.8, 4) is 28.1 Å². The van der Waals surface area contributed by atoms with Crippen molar-refractivity contribution in [2.24, 2.45) is 0 Å². The molecule has 0 fully saturated rings. The van der Waals surface area contributed by atoms with Crippen LogP contribution in [0.4, 0.5) is 23.7 Å². The minimum absolute atomic E-state index is 0.155. The molecule has 4 rings (SSSR count). The number of nitrogens with zero attached hydrogens (tertiary/aromatic N) is 2. The predicted molar refractivity (Wildman–Crippen MR) is 153 cm³/mol. The van der Waals surface area contributed by atoms with Crippen LogP contribution in [-0.4, -0.2) is 69.6 Å². The summed E-state index contributed by atoms with van der Waals surface area (Å²) in [5.74, 6) is -7.13. The Balaban J connectivity index is 1.61. The molecule has 1 atom stereocenters. The number of alkyl halides is 2. The fraction of sp³-hybridized carbons (Fsp3) is 0.367. The maximum atomic E-state index is 15.4. The fourth-order valence-electron chi connectivity index (χ4n) is 4.54. The SMILES string of the molecule is Cc1nn(CC(F)(F)COC(=O)[C@H](CC(=O)O)NC(=O)OC(C)(C)C)c(-c2ccc(F)cc2)c1-c1ccc2c(c1)NC(=O)CO2. The molecule has 45 heavy (non-hydrogen) atoms. The predicted octanol–water partition coefficient (Wildman–Crippen LogP) is 4.54. The summed E-state index contributed by atoms with van der Waals surface area (Å²) in [7, 11) is 0. The first-order valence-corrected chi connectivity index (χ1v) is 13.7. The van der Waals surface area contributed by atoms with Gasteiger partial charge in [-0.2, -0.15) is 5.10 Å². The number of carboxylic acids is 1. The Kier molecular flexibility index (Phi) is 9.39. The number of rotatable bonds is 10. The van der Waals surface area contributed by atoms with E-state index < -0.39 is 61.0 Å². The first-order valence-electron chi connectivity index (χ1n) is 13.7. The zero-order valence-corrected chi connectivity index (χ0v) is 24.8. The number of hydrogen-bond donors (Lipinski definition) is 3. The molecule has 0 unspecified atom stereocenters. The number of anilines is 1. The van der Waals surface area contributed by atoms with E-state index in [2.05, 4.69) is 10.4 Å². The lowest BCUT2D eigenvalue weighted by Crippen LogP contribution is -2.46. The maximum Gasteiger partial charge on any atom is 0.408 e. The van der Waals surface area contributed by atoms with Crippen molar-refractivity contribution >= 4 is 29.6 Å². The number of aromatic nitrogens is 2. The molecule has 1 aliphatic rings. The molecule has 0 radical (unpaired) electrons. The number of nitrogens with one attached hydrogen (secondary N) is 2. The summed E-state index contributed by atoms with van der Waals surface area (Å²) >= 11 is 0. The highest BCUT2D eigenvalue weighted by molar-refractivity contribution is 5.97. The second kappa shape index (κ2) is 12.9. The number of fused-ring (bicyclic) bond motifs is 1. The lowest BCUT2D eigenvalue weighted by atomic mass is 9.98. The van der Waals surface area contributed by atoms with Crippen LogP contribution in [0.5, 0.6) is 5.75 Å². The summed E-state index contributed by atoms with van der Waals surface area (Å²) in [6.07, 6.45) is -2.07. The molecule has 12 nitrogen and oxygen atoms in total. The Labute approximate surface area is 255 Å². The van der Waals surface area contributed by atoms with E-state index in [-0.39, 0.29) is 18.2 Å². The van der Waals surface area contributed by atoms with E-state index in [0.29, 0.717) is 33.8 Å². The van der Waals surface area contributed by atoms with Crippen LogP contribution in [0.1, 0.15) is 32.9 Å². The minimum Gasteiger partial charge on any atom is -0.482 e. The van der Waals surface area contributed by atoms with E-state index in [0.717, 1.165) is 16.8 Å². The molecule has 1 aliphatic heterocycles. The molecule has 0 saturated carbocycles. The quantitative estimate of drug-likeness (QED) is 0.273. The van der Waals surface area contributed by atoms with E-state index in [4.69, 9.17) is 19.3 Å². The van der Waals surface area contributed by atoms with Crippen LogP contribution < -0.4 is 15.4 Å². The van der Waals surface area contributed by atoms with E-state index >= 15 is 8.78 Å². The molecule has 2 heterocycles. The van der Waals surface area contributed by atoms with Gasteiger partial charge >= 0.3 is 24.0 Å². The minimum atomic E-state index is -3.74. The molecule has 0 bridgehead atoms. The van der Waals surface area contributed by atoms with Crippen molar-refractivity contribution in [3.63, 3.8) is 0 Å². The van der Waals surface area contributed by atoms with Crippen molar-refractivity contribution in [3.05, 3.63) is 54.0 Å². The zero-order valence-electron chi connectivity index (χ0n) is 24.8. The Morgan fingerprint density at radius 3 is 2.44 bits per heavy atom. The summed E-state index contributed by atoms with van der Waals surface area (Å²) in [5.41, 5.74) is 1.18. The van der Waals surface area contributed by atoms with Crippen molar-refractivity contribution in [2.45, 2.75) is 58.2 Å². The number of amides is 2. The Hall–Kier alpha value is -5.08. The van der Waals surface area contributed by atoms with E-state index in [1.165, 1.54) is 32.9 Å². The lowest BCUT2D eigenvalue weighted by molar-refractivity contribution is -0.161. The van der Waals surface area contributed by atoms with Gasteiger partial charge in [0.2, 0.25) is 0 Å². The first-order chi connectivity index (χ1) is 21.0. The van der Waals surface area contributed by atoms with Gasteiger partial charge in [0, 0.05) is 11.1 Å². The Bertz CT molecular complexity index is 1620. The summed E-state index contributed by atoms with van der Waals surface area (Å²) in [4.78, 5) is 47.8. The number of benzene rings is 2.